The Kier molecular flexibility index (Phi) is 8.87. The van der Waals surface area contributed by atoms with Crippen LogP contribution in [0.4, 0.5) is 5.69 Å². The van der Waals surface area contributed by atoms with Crippen LogP contribution in [-0.4, -0.2) is 31.6 Å². The zero-order valence-electron chi connectivity index (χ0n) is 15.9. The van der Waals surface area contributed by atoms with Crippen LogP contribution in [0.15, 0.2) is 53.5 Å². The maximum Gasteiger partial charge on any atom is 0.191 e. The average Bonchev–Trinajstić information content (AvgIpc) is 3.15. The average molecular weight is 510 g/mol. The molecule has 0 amide bonds. The number of rotatable bonds is 5. The second kappa shape index (κ2) is 11.1. The third-order valence-corrected chi connectivity index (χ3v) is 4.76. The lowest BCUT2D eigenvalue weighted by molar-refractivity contribution is 0.649. The molecule has 1 saturated heterocycles. The van der Waals surface area contributed by atoms with Crippen molar-refractivity contribution in [2.24, 2.45) is 4.99 Å². The Morgan fingerprint density at radius 3 is 2.86 bits per heavy atom. The van der Waals surface area contributed by atoms with E-state index in [2.05, 4.69) is 39.6 Å². The number of aliphatic imine (C=N–C) groups is 1. The van der Waals surface area contributed by atoms with Crippen molar-refractivity contribution in [3.63, 3.8) is 0 Å². The largest absolute Gasteiger partial charge is 0.369 e. The van der Waals surface area contributed by atoms with Gasteiger partial charge in [0, 0.05) is 36.4 Å². The van der Waals surface area contributed by atoms with E-state index in [0.717, 1.165) is 48.3 Å². The Balaban J connectivity index is 0.00000280. The summed E-state index contributed by atoms with van der Waals surface area (Å²) < 4.78 is 0. The summed E-state index contributed by atoms with van der Waals surface area (Å²) in [7, 11) is 0. The lowest BCUT2D eigenvalue weighted by Crippen LogP contribution is -2.44. The molecule has 0 spiro atoms. The van der Waals surface area contributed by atoms with Gasteiger partial charge in [0.25, 0.3) is 0 Å². The summed E-state index contributed by atoms with van der Waals surface area (Å²) in [4.78, 5) is 7.02. The Morgan fingerprint density at radius 1 is 1.29 bits per heavy atom. The maximum atomic E-state index is 9.03. The highest BCUT2D eigenvalue weighted by atomic mass is 127. The smallest absolute Gasteiger partial charge is 0.191 e. The van der Waals surface area contributed by atoms with Crippen molar-refractivity contribution >= 4 is 47.2 Å². The summed E-state index contributed by atoms with van der Waals surface area (Å²) in [5.74, 6) is 0.804. The first-order valence-corrected chi connectivity index (χ1v) is 9.60. The predicted octanol–water partition coefficient (Wildman–Crippen LogP) is 4.16. The van der Waals surface area contributed by atoms with E-state index in [4.69, 9.17) is 16.9 Å². The molecule has 0 aliphatic carbocycles. The molecule has 3 rings (SSSR count). The van der Waals surface area contributed by atoms with Crippen molar-refractivity contribution in [1.82, 2.24) is 10.6 Å². The molecule has 1 aliphatic rings. The molecule has 0 radical (unpaired) electrons. The molecule has 1 fully saturated rings. The molecule has 1 heterocycles. The molecule has 2 N–H and O–H groups in total. The van der Waals surface area contributed by atoms with Crippen LogP contribution < -0.4 is 15.5 Å². The zero-order chi connectivity index (χ0) is 19.1. The van der Waals surface area contributed by atoms with Gasteiger partial charge in [0.15, 0.2) is 5.96 Å². The molecule has 7 heteroatoms. The molecule has 0 saturated carbocycles. The first-order valence-electron chi connectivity index (χ1n) is 9.22. The molecular weight excluding hydrogens is 485 g/mol. The number of hydrogen-bond donors (Lipinski definition) is 2. The van der Waals surface area contributed by atoms with E-state index < -0.39 is 0 Å². The topological polar surface area (TPSA) is 63.5 Å². The van der Waals surface area contributed by atoms with Crippen LogP contribution >= 0.6 is 35.6 Å². The second-order valence-corrected chi connectivity index (χ2v) is 7.00. The molecule has 1 unspecified atom stereocenters. The molecule has 1 aliphatic heterocycles. The van der Waals surface area contributed by atoms with E-state index >= 15 is 0 Å². The summed E-state index contributed by atoms with van der Waals surface area (Å²) in [5.41, 5.74) is 2.84. The number of nitrogens with one attached hydrogen (secondary N) is 2. The van der Waals surface area contributed by atoms with Crippen LogP contribution in [-0.2, 0) is 6.54 Å². The number of hydrogen-bond acceptors (Lipinski definition) is 3. The SMILES string of the molecule is CCNC(=NCc1cccc(C#N)c1)NC1CCN(c2cccc(Cl)c2)C1.I. The van der Waals surface area contributed by atoms with Crippen molar-refractivity contribution in [3.05, 3.63) is 64.7 Å². The van der Waals surface area contributed by atoms with Gasteiger partial charge in [-0.05, 0) is 49.2 Å². The Labute approximate surface area is 188 Å². The van der Waals surface area contributed by atoms with Crippen molar-refractivity contribution in [2.75, 3.05) is 24.5 Å². The minimum atomic E-state index is 0. The van der Waals surface area contributed by atoms with Crippen molar-refractivity contribution in [1.29, 1.82) is 5.26 Å². The number of guanidine groups is 1. The van der Waals surface area contributed by atoms with Gasteiger partial charge in [-0.2, -0.15) is 5.26 Å². The summed E-state index contributed by atoms with van der Waals surface area (Å²) in [6, 6.07) is 18.0. The number of nitriles is 1. The summed E-state index contributed by atoms with van der Waals surface area (Å²) in [6.45, 7) is 5.29. The fourth-order valence-electron chi connectivity index (χ4n) is 3.21. The third-order valence-electron chi connectivity index (χ3n) is 4.52. The van der Waals surface area contributed by atoms with Crippen molar-refractivity contribution in [2.45, 2.75) is 25.9 Å². The van der Waals surface area contributed by atoms with Crippen LogP contribution in [0.2, 0.25) is 5.02 Å². The number of halogens is 2. The molecule has 2 aromatic rings. The lowest BCUT2D eigenvalue weighted by Gasteiger charge is -2.20. The van der Waals surface area contributed by atoms with E-state index in [9.17, 15) is 0 Å². The lowest BCUT2D eigenvalue weighted by atomic mass is 10.1. The van der Waals surface area contributed by atoms with Crippen LogP contribution in [0.1, 0.15) is 24.5 Å². The highest BCUT2D eigenvalue weighted by Gasteiger charge is 2.23. The van der Waals surface area contributed by atoms with Gasteiger partial charge in [0.1, 0.15) is 0 Å². The van der Waals surface area contributed by atoms with Gasteiger partial charge >= 0.3 is 0 Å². The number of nitrogens with zero attached hydrogens (tertiary/aromatic N) is 3. The van der Waals surface area contributed by atoms with Gasteiger partial charge in [-0.1, -0.05) is 29.8 Å². The standard InChI is InChI=1S/C21H24ClN5.HI/c1-2-24-21(25-14-17-6-3-5-16(11-17)13-23)26-19-9-10-27(15-19)20-8-4-7-18(22)12-20;/h3-8,11-12,19H,2,9-10,14-15H2,1H3,(H2,24,25,26);1H. The number of anilines is 1. The van der Waals surface area contributed by atoms with E-state index in [1.165, 1.54) is 0 Å². The summed E-state index contributed by atoms with van der Waals surface area (Å²) in [5, 5.41) is 16.6. The molecule has 28 heavy (non-hydrogen) atoms. The molecule has 0 aromatic heterocycles. The molecular formula is C21H25ClIN5. The fourth-order valence-corrected chi connectivity index (χ4v) is 3.39. The van der Waals surface area contributed by atoms with Gasteiger partial charge in [0.2, 0.25) is 0 Å². The Bertz CT molecular complexity index is 849. The highest BCUT2D eigenvalue weighted by Crippen LogP contribution is 2.23. The first kappa shape index (κ1) is 22.3. The molecule has 0 bridgehead atoms. The maximum absolute atomic E-state index is 9.03. The van der Waals surface area contributed by atoms with Crippen LogP contribution in [0.5, 0.6) is 0 Å². The van der Waals surface area contributed by atoms with Gasteiger partial charge in [-0.3, -0.25) is 0 Å². The van der Waals surface area contributed by atoms with E-state index in [0.29, 0.717) is 18.2 Å². The molecule has 1 atom stereocenters. The predicted molar refractivity (Wildman–Crippen MR) is 127 cm³/mol. The van der Waals surface area contributed by atoms with Crippen LogP contribution in [0, 0.1) is 11.3 Å². The van der Waals surface area contributed by atoms with Crippen molar-refractivity contribution in [3.8, 4) is 6.07 Å². The monoisotopic (exact) mass is 509 g/mol. The van der Waals surface area contributed by atoms with Crippen molar-refractivity contribution < 1.29 is 0 Å². The molecule has 2 aromatic carbocycles. The van der Waals surface area contributed by atoms with E-state index in [1.54, 1.807) is 6.07 Å². The van der Waals surface area contributed by atoms with Crippen LogP contribution in [0.25, 0.3) is 0 Å². The Hall–Kier alpha value is -1.98. The van der Waals surface area contributed by atoms with Gasteiger partial charge in [0.05, 0.1) is 18.2 Å². The summed E-state index contributed by atoms with van der Waals surface area (Å²) >= 11 is 6.11. The quantitative estimate of drug-likeness (QED) is 0.361. The minimum Gasteiger partial charge on any atom is -0.369 e. The van der Waals surface area contributed by atoms with Gasteiger partial charge < -0.3 is 15.5 Å². The zero-order valence-corrected chi connectivity index (χ0v) is 18.9. The van der Waals surface area contributed by atoms with Gasteiger partial charge in [-0.25, -0.2) is 4.99 Å². The van der Waals surface area contributed by atoms with Crippen LogP contribution in [0.3, 0.4) is 0 Å². The van der Waals surface area contributed by atoms with E-state index in [1.807, 2.05) is 36.4 Å². The normalized spacial score (nSPS) is 16.2. The fraction of sp³-hybridized carbons (Fsp3) is 0.333. The first-order chi connectivity index (χ1) is 13.2. The Morgan fingerprint density at radius 2 is 2.11 bits per heavy atom. The third kappa shape index (κ3) is 6.28. The highest BCUT2D eigenvalue weighted by molar-refractivity contribution is 14.0. The summed E-state index contributed by atoms with van der Waals surface area (Å²) in [6.07, 6.45) is 1.04. The van der Waals surface area contributed by atoms with E-state index in [-0.39, 0.29) is 24.0 Å². The molecule has 148 valence electrons. The molecule has 5 nitrogen and oxygen atoms in total. The van der Waals surface area contributed by atoms with Gasteiger partial charge in [-0.15, -0.1) is 24.0 Å². The second-order valence-electron chi connectivity index (χ2n) is 6.56. The minimum absolute atomic E-state index is 0. The number of benzene rings is 2.